The van der Waals surface area contributed by atoms with Crippen LogP contribution in [0, 0.1) is 0 Å². The van der Waals surface area contributed by atoms with E-state index in [9.17, 15) is 0 Å². The fourth-order valence-corrected chi connectivity index (χ4v) is 2.03. The molecule has 0 aliphatic carbocycles. The van der Waals surface area contributed by atoms with Crippen LogP contribution in [0.25, 0.3) is 0 Å². The number of rotatable bonds is 3. The lowest BCUT2D eigenvalue weighted by Crippen LogP contribution is -2.17. The summed E-state index contributed by atoms with van der Waals surface area (Å²) in [6.07, 6.45) is 5.28. The molecule has 0 radical (unpaired) electrons. The molecule has 0 aliphatic rings. The van der Waals surface area contributed by atoms with Crippen LogP contribution in [0.5, 0.6) is 0 Å². The highest BCUT2D eigenvalue weighted by Gasteiger charge is 2.16. The van der Waals surface area contributed by atoms with Gasteiger partial charge in [0.2, 0.25) is 0 Å². The predicted octanol–water partition coefficient (Wildman–Crippen LogP) is 2.75. The van der Waals surface area contributed by atoms with E-state index in [-0.39, 0.29) is 6.04 Å². The number of pyridine rings is 1. The zero-order valence-electron chi connectivity index (χ0n) is 8.27. The van der Waals surface area contributed by atoms with E-state index in [0.29, 0.717) is 0 Å². The van der Waals surface area contributed by atoms with Gasteiger partial charge in [0.1, 0.15) is 0 Å². The molecule has 0 saturated carbocycles. The van der Waals surface area contributed by atoms with Crippen molar-refractivity contribution in [1.29, 1.82) is 0 Å². The molecule has 2 aromatic heterocycles. The van der Waals surface area contributed by atoms with Crippen LogP contribution in [0.15, 0.2) is 45.9 Å². The molecule has 78 valence electrons. The van der Waals surface area contributed by atoms with Gasteiger partial charge in [-0.2, -0.15) is 0 Å². The Balaban J connectivity index is 2.37. The highest BCUT2D eigenvalue weighted by atomic mass is 79.9. The third-order valence-corrected chi connectivity index (χ3v) is 2.91. The Morgan fingerprint density at radius 1 is 1.47 bits per heavy atom. The number of nitrogens with one attached hydrogen (secondary N) is 1. The van der Waals surface area contributed by atoms with Gasteiger partial charge in [-0.15, -0.1) is 0 Å². The van der Waals surface area contributed by atoms with Crippen molar-refractivity contribution in [2.75, 3.05) is 7.05 Å². The van der Waals surface area contributed by atoms with Crippen molar-refractivity contribution in [3.8, 4) is 0 Å². The molecule has 0 aliphatic heterocycles. The molecule has 3 nitrogen and oxygen atoms in total. The summed E-state index contributed by atoms with van der Waals surface area (Å²) in [4.78, 5) is 4.11. The summed E-state index contributed by atoms with van der Waals surface area (Å²) in [7, 11) is 1.91. The van der Waals surface area contributed by atoms with E-state index in [1.807, 2.05) is 31.4 Å². The molecule has 1 N–H and O–H groups in total. The van der Waals surface area contributed by atoms with Crippen LogP contribution in [0.3, 0.4) is 0 Å². The summed E-state index contributed by atoms with van der Waals surface area (Å²) >= 11 is 3.38. The molecule has 0 bridgehead atoms. The van der Waals surface area contributed by atoms with E-state index in [1.165, 1.54) is 0 Å². The topological polar surface area (TPSA) is 38.1 Å². The monoisotopic (exact) mass is 266 g/mol. The minimum atomic E-state index is 0.104. The van der Waals surface area contributed by atoms with Crippen LogP contribution in [0.1, 0.15) is 17.2 Å². The van der Waals surface area contributed by atoms with E-state index in [4.69, 9.17) is 4.42 Å². The van der Waals surface area contributed by atoms with E-state index in [2.05, 4.69) is 26.2 Å². The average Bonchev–Trinajstić information content (AvgIpc) is 2.68. The van der Waals surface area contributed by atoms with Crippen LogP contribution in [-0.2, 0) is 0 Å². The number of nitrogens with zero attached hydrogens (tertiary/aromatic N) is 1. The number of halogens is 1. The zero-order chi connectivity index (χ0) is 10.7. The largest absolute Gasteiger partial charge is 0.457 e. The molecule has 0 saturated heterocycles. The first-order chi connectivity index (χ1) is 7.33. The van der Waals surface area contributed by atoms with Crippen molar-refractivity contribution in [1.82, 2.24) is 10.3 Å². The van der Waals surface area contributed by atoms with Crippen molar-refractivity contribution in [2.45, 2.75) is 6.04 Å². The third kappa shape index (κ3) is 2.11. The quantitative estimate of drug-likeness (QED) is 0.929. The van der Waals surface area contributed by atoms with Crippen molar-refractivity contribution in [3.05, 3.63) is 52.7 Å². The zero-order valence-corrected chi connectivity index (χ0v) is 9.86. The molecular weight excluding hydrogens is 256 g/mol. The minimum Gasteiger partial charge on any atom is -0.457 e. The predicted molar refractivity (Wildman–Crippen MR) is 61.5 cm³/mol. The van der Waals surface area contributed by atoms with Gasteiger partial charge in [0.05, 0.1) is 12.3 Å². The maximum atomic E-state index is 5.23. The molecule has 1 atom stereocenters. The van der Waals surface area contributed by atoms with E-state index in [0.717, 1.165) is 15.8 Å². The maximum Gasteiger partial charge on any atom is 0.174 e. The molecule has 15 heavy (non-hydrogen) atoms. The van der Waals surface area contributed by atoms with Crippen molar-refractivity contribution >= 4 is 15.9 Å². The number of hydrogen-bond acceptors (Lipinski definition) is 3. The highest BCUT2D eigenvalue weighted by Crippen LogP contribution is 2.28. The van der Waals surface area contributed by atoms with E-state index in [1.54, 1.807) is 12.5 Å². The molecule has 0 spiro atoms. The van der Waals surface area contributed by atoms with Gasteiger partial charge in [0, 0.05) is 18.0 Å². The van der Waals surface area contributed by atoms with Crippen LogP contribution >= 0.6 is 15.9 Å². The van der Waals surface area contributed by atoms with E-state index < -0.39 is 0 Å². The van der Waals surface area contributed by atoms with Gasteiger partial charge in [0.25, 0.3) is 0 Å². The van der Waals surface area contributed by atoms with Crippen LogP contribution in [0.4, 0.5) is 0 Å². The number of hydrogen-bond donors (Lipinski definition) is 1. The second-order valence-corrected chi connectivity index (χ2v) is 3.88. The summed E-state index contributed by atoms with van der Waals surface area (Å²) in [5, 5.41) is 3.23. The SMILES string of the molecule is CNC(c1cccnc1)c1ccoc1Br. The molecule has 1 unspecified atom stereocenters. The Morgan fingerprint density at radius 3 is 2.87 bits per heavy atom. The normalized spacial score (nSPS) is 12.7. The smallest absolute Gasteiger partial charge is 0.174 e. The molecular formula is C11H11BrN2O. The Morgan fingerprint density at radius 2 is 2.33 bits per heavy atom. The fourth-order valence-electron chi connectivity index (χ4n) is 1.56. The number of furan rings is 1. The summed E-state index contributed by atoms with van der Waals surface area (Å²) < 4.78 is 5.98. The minimum absolute atomic E-state index is 0.104. The molecule has 4 heteroatoms. The van der Waals surface area contributed by atoms with Crippen LogP contribution < -0.4 is 5.32 Å². The highest BCUT2D eigenvalue weighted by molar-refractivity contribution is 9.10. The lowest BCUT2D eigenvalue weighted by atomic mass is 10.0. The number of aromatic nitrogens is 1. The molecule has 0 aromatic carbocycles. The van der Waals surface area contributed by atoms with Crippen molar-refractivity contribution in [2.24, 2.45) is 0 Å². The standard InChI is InChI=1S/C11H11BrN2O/c1-13-10(8-3-2-5-14-7-8)9-4-6-15-11(9)12/h2-7,10,13H,1H3. The van der Waals surface area contributed by atoms with E-state index >= 15 is 0 Å². The molecule has 2 heterocycles. The summed E-state index contributed by atoms with van der Waals surface area (Å²) in [6, 6.07) is 6.01. The third-order valence-electron chi connectivity index (χ3n) is 2.26. The van der Waals surface area contributed by atoms with Crippen molar-refractivity contribution < 1.29 is 4.42 Å². The lowest BCUT2D eigenvalue weighted by molar-refractivity contribution is 0.530. The van der Waals surface area contributed by atoms with Gasteiger partial charge in [-0.05, 0) is 40.7 Å². The molecule has 0 amide bonds. The van der Waals surface area contributed by atoms with Gasteiger partial charge in [0.15, 0.2) is 4.67 Å². The lowest BCUT2D eigenvalue weighted by Gasteiger charge is -2.14. The average molecular weight is 267 g/mol. The van der Waals surface area contributed by atoms with Gasteiger partial charge >= 0.3 is 0 Å². The van der Waals surface area contributed by atoms with Crippen LogP contribution in [0.2, 0.25) is 0 Å². The first-order valence-corrected chi connectivity index (χ1v) is 5.42. The van der Waals surface area contributed by atoms with Gasteiger partial charge in [-0.3, -0.25) is 4.98 Å². The van der Waals surface area contributed by atoms with Gasteiger partial charge in [-0.25, -0.2) is 0 Å². The van der Waals surface area contributed by atoms with Crippen LogP contribution in [-0.4, -0.2) is 12.0 Å². The molecule has 0 fully saturated rings. The summed E-state index contributed by atoms with van der Waals surface area (Å²) in [6.45, 7) is 0. The molecule has 2 rings (SSSR count). The Hall–Kier alpha value is -1.13. The summed E-state index contributed by atoms with van der Waals surface area (Å²) in [5.41, 5.74) is 2.19. The first-order valence-electron chi connectivity index (χ1n) is 4.63. The fraction of sp³-hybridized carbons (Fsp3) is 0.182. The molecule has 2 aromatic rings. The Labute approximate surface area is 96.6 Å². The summed E-state index contributed by atoms with van der Waals surface area (Å²) in [5.74, 6) is 0. The van der Waals surface area contributed by atoms with Gasteiger partial charge < -0.3 is 9.73 Å². The van der Waals surface area contributed by atoms with Crippen molar-refractivity contribution in [3.63, 3.8) is 0 Å². The Kier molecular flexibility index (Phi) is 3.18. The second kappa shape index (κ2) is 4.59. The maximum absolute atomic E-state index is 5.23. The first kappa shape index (κ1) is 10.4. The van der Waals surface area contributed by atoms with Gasteiger partial charge in [-0.1, -0.05) is 6.07 Å². The second-order valence-electron chi connectivity index (χ2n) is 3.16. The Bertz CT molecular complexity index is 427.